The molecule has 3 heteroatoms. The Bertz CT molecular complexity index is 281. The Morgan fingerprint density at radius 1 is 1.44 bits per heavy atom. The van der Waals surface area contributed by atoms with Crippen molar-refractivity contribution >= 4 is 0 Å². The molecule has 1 N–H and O–H groups in total. The van der Waals surface area contributed by atoms with Crippen LogP contribution >= 0.6 is 0 Å². The minimum Gasteiger partial charge on any atom is -0.468 e. The van der Waals surface area contributed by atoms with Crippen LogP contribution in [0.1, 0.15) is 38.5 Å². The summed E-state index contributed by atoms with van der Waals surface area (Å²) in [6.45, 7) is 9.72. The summed E-state index contributed by atoms with van der Waals surface area (Å²) in [5.41, 5.74) is 1.16. The second-order valence-corrected chi connectivity index (χ2v) is 4.45. The first-order valence-corrected chi connectivity index (χ1v) is 6.07. The molecule has 1 heterocycles. The highest BCUT2D eigenvalue weighted by atomic mass is 16.5. The zero-order valence-electron chi connectivity index (χ0n) is 10.6. The predicted molar refractivity (Wildman–Crippen MR) is 65.2 cm³/mol. The lowest BCUT2D eigenvalue weighted by molar-refractivity contribution is 0.0959. The molecule has 0 aliphatic rings. The molecular weight excluding hydrogens is 202 g/mol. The average molecular weight is 225 g/mol. The van der Waals surface area contributed by atoms with Gasteiger partial charge in [-0.15, -0.1) is 0 Å². The molecule has 0 saturated carbocycles. The smallest absolute Gasteiger partial charge is 0.123 e. The summed E-state index contributed by atoms with van der Waals surface area (Å²) in [7, 11) is 0. The molecule has 0 spiro atoms. The van der Waals surface area contributed by atoms with E-state index in [9.17, 15) is 0 Å². The monoisotopic (exact) mass is 225 g/mol. The molecule has 0 aliphatic carbocycles. The molecule has 0 amide bonds. The van der Waals surface area contributed by atoms with E-state index in [2.05, 4.69) is 26.1 Å². The van der Waals surface area contributed by atoms with Gasteiger partial charge in [-0.1, -0.05) is 20.8 Å². The molecule has 1 aromatic heterocycles. The minimum absolute atomic E-state index is 0.577. The van der Waals surface area contributed by atoms with E-state index in [0.29, 0.717) is 12.5 Å². The van der Waals surface area contributed by atoms with Crippen molar-refractivity contribution in [3.05, 3.63) is 23.7 Å². The fourth-order valence-corrected chi connectivity index (χ4v) is 1.43. The highest BCUT2D eigenvalue weighted by Gasteiger charge is 2.06. The van der Waals surface area contributed by atoms with Gasteiger partial charge < -0.3 is 14.5 Å². The van der Waals surface area contributed by atoms with Crippen LogP contribution in [0.4, 0.5) is 0 Å². The maximum Gasteiger partial charge on any atom is 0.123 e. The molecule has 1 rings (SSSR count). The van der Waals surface area contributed by atoms with E-state index in [0.717, 1.165) is 37.4 Å². The summed E-state index contributed by atoms with van der Waals surface area (Å²) in [6.07, 6.45) is 2.87. The molecule has 0 saturated heterocycles. The third kappa shape index (κ3) is 4.81. The van der Waals surface area contributed by atoms with Crippen molar-refractivity contribution < 1.29 is 9.15 Å². The number of nitrogens with one attached hydrogen (secondary N) is 1. The fourth-order valence-electron chi connectivity index (χ4n) is 1.43. The first-order chi connectivity index (χ1) is 7.74. The molecule has 3 nitrogen and oxygen atoms in total. The van der Waals surface area contributed by atoms with Crippen LogP contribution in [0.3, 0.4) is 0 Å². The van der Waals surface area contributed by atoms with Gasteiger partial charge in [0.25, 0.3) is 0 Å². The van der Waals surface area contributed by atoms with Crippen molar-refractivity contribution in [2.24, 2.45) is 5.92 Å². The molecular formula is C13H23NO2. The van der Waals surface area contributed by atoms with Crippen LogP contribution in [-0.2, 0) is 17.9 Å². The number of rotatable bonds is 8. The molecule has 16 heavy (non-hydrogen) atoms. The summed E-state index contributed by atoms with van der Waals surface area (Å²) in [5.74, 6) is 1.57. The Morgan fingerprint density at radius 3 is 2.94 bits per heavy atom. The van der Waals surface area contributed by atoms with Gasteiger partial charge in [0.15, 0.2) is 0 Å². The van der Waals surface area contributed by atoms with E-state index in [1.807, 2.05) is 6.07 Å². The molecule has 1 aromatic rings. The van der Waals surface area contributed by atoms with Crippen LogP contribution in [-0.4, -0.2) is 13.2 Å². The van der Waals surface area contributed by atoms with E-state index in [4.69, 9.17) is 9.15 Å². The lowest BCUT2D eigenvalue weighted by Gasteiger charge is -2.07. The summed E-state index contributed by atoms with van der Waals surface area (Å²) >= 11 is 0. The van der Waals surface area contributed by atoms with Crippen molar-refractivity contribution in [1.82, 2.24) is 5.32 Å². The topological polar surface area (TPSA) is 34.4 Å². The van der Waals surface area contributed by atoms with Crippen molar-refractivity contribution in [1.29, 1.82) is 0 Å². The van der Waals surface area contributed by atoms with Crippen LogP contribution in [0.25, 0.3) is 0 Å². The largest absolute Gasteiger partial charge is 0.468 e. The Balaban J connectivity index is 2.32. The summed E-state index contributed by atoms with van der Waals surface area (Å²) in [4.78, 5) is 0. The summed E-state index contributed by atoms with van der Waals surface area (Å²) in [6, 6.07) is 1.99. The summed E-state index contributed by atoms with van der Waals surface area (Å²) < 4.78 is 11.0. The number of furan rings is 1. The van der Waals surface area contributed by atoms with E-state index < -0.39 is 0 Å². The van der Waals surface area contributed by atoms with Gasteiger partial charge in [-0.25, -0.2) is 0 Å². The number of hydrogen-bond acceptors (Lipinski definition) is 3. The van der Waals surface area contributed by atoms with Crippen LogP contribution in [0, 0.1) is 5.92 Å². The molecule has 0 radical (unpaired) electrons. The quantitative estimate of drug-likeness (QED) is 0.691. The third-order valence-corrected chi connectivity index (χ3v) is 2.26. The van der Waals surface area contributed by atoms with E-state index >= 15 is 0 Å². The highest BCUT2D eigenvalue weighted by Crippen LogP contribution is 2.12. The molecule has 0 unspecified atom stereocenters. The van der Waals surface area contributed by atoms with Crippen LogP contribution in [0.2, 0.25) is 0 Å². The summed E-state index contributed by atoms with van der Waals surface area (Å²) in [5, 5.41) is 3.33. The first kappa shape index (κ1) is 13.3. The zero-order valence-corrected chi connectivity index (χ0v) is 10.6. The van der Waals surface area contributed by atoms with E-state index in [-0.39, 0.29) is 0 Å². The predicted octanol–water partition coefficient (Wildman–Crippen LogP) is 2.95. The lowest BCUT2D eigenvalue weighted by Crippen LogP contribution is -2.14. The van der Waals surface area contributed by atoms with Gasteiger partial charge in [-0.2, -0.15) is 0 Å². The average Bonchev–Trinajstić information content (AvgIpc) is 2.66. The second-order valence-electron chi connectivity index (χ2n) is 4.45. The van der Waals surface area contributed by atoms with Gasteiger partial charge in [0.05, 0.1) is 19.4 Å². The molecule has 0 atom stereocenters. The Labute approximate surface area is 98.2 Å². The molecule has 0 bridgehead atoms. The second kappa shape index (κ2) is 7.47. The normalized spacial score (nSPS) is 11.2. The van der Waals surface area contributed by atoms with Gasteiger partial charge in [0, 0.05) is 12.2 Å². The van der Waals surface area contributed by atoms with Crippen molar-refractivity contribution in [3.8, 4) is 0 Å². The zero-order chi connectivity index (χ0) is 11.8. The van der Waals surface area contributed by atoms with Crippen LogP contribution in [0.15, 0.2) is 16.7 Å². The number of hydrogen-bond donors (Lipinski definition) is 1. The maximum absolute atomic E-state index is 5.60. The van der Waals surface area contributed by atoms with Crippen molar-refractivity contribution in [2.45, 2.75) is 40.3 Å². The Morgan fingerprint density at radius 2 is 2.25 bits per heavy atom. The van der Waals surface area contributed by atoms with Crippen LogP contribution in [0.5, 0.6) is 0 Å². The lowest BCUT2D eigenvalue weighted by atomic mass is 10.2. The third-order valence-electron chi connectivity index (χ3n) is 2.26. The van der Waals surface area contributed by atoms with Gasteiger partial charge in [0.2, 0.25) is 0 Å². The molecule has 0 fully saturated rings. The Hall–Kier alpha value is -0.800. The minimum atomic E-state index is 0.577. The molecule has 0 aliphatic heterocycles. The fraction of sp³-hybridized carbons (Fsp3) is 0.692. The molecule has 0 aromatic carbocycles. The molecule has 92 valence electrons. The van der Waals surface area contributed by atoms with Crippen LogP contribution < -0.4 is 5.32 Å². The van der Waals surface area contributed by atoms with Gasteiger partial charge in [-0.3, -0.25) is 0 Å². The van der Waals surface area contributed by atoms with E-state index in [1.165, 1.54) is 0 Å². The number of ether oxygens (including phenoxy) is 1. The van der Waals surface area contributed by atoms with Gasteiger partial charge >= 0.3 is 0 Å². The van der Waals surface area contributed by atoms with E-state index in [1.54, 1.807) is 6.26 Å². The first-order valence-electron chi connectivity index (χ1n) is 6.07. The van der Waals surface area contributed by atoms with Gasteiger partial charge in [-0.05, 0) is 24.9 Å². The SMILES string of the molecule is CCCNCc1occc1COCC(C)C. The standard InChI is InChI=1S/C13H23NO2/c1-4-6-14-8-13-12(5-7-16-13)10-15-9-11(2)3/h5,7,11,14H,4,6,8-10H2,1-3H3. The van der Waals surface area contributed by atoms with Crippen molar-refractivity contribution in [2.75, 3.05) is 13.2 Å². The van der Waals surface area contributed by atoms with Crippen molar-refractivity contribution in [3.63, 3.8) is 0 Å². The van der Waals surface area contributed by atoms with Gasteiger partial charge in [0.1, 0.15) is 5.76 Å². The Kier molecular flexibility index (Phi) is 6.19. The maximum atomic E-state index is 5.60. The highest BCUT2D eigenvalue weighted by molar-refractivity contribution is 5.15.